The third-order valence-electron chi connectivity index (χ3n) is 2.58. The molecule has 100 valence electrons. The minimum atomic E-state index is -0.849. The Morgan fingerprint density at radius 1 is 0.824 bits per heavy atom. The SMILES string of the molecule is CC(C)(C)C(N)C(=O)OC(=O)[C@@H](N)C(C)(C)C. The van der Waals surface area contributed by atoms with Crippen LogP contribution >= 0.6 is 0 Å². The predicted octanol–water partition coefficient (Wildman–Crippen LogP) is 0.803. The van der Waals surface area contributed by atoms with Gasteiger partial charge in [0.2, 0.25) is 0 Å². The van der Waals surface area contributed by atoms with Crippen LogP contribution in [0.3, 0.4) is 0 Å². The number of carbonyl (C=O) groups is 2. The first-order valence-electron chi connectivity index (χ1n) is 5.64. The van der Waals surface area contributed by atoms with Gasteiger partial charge < -0.3 is 16.2 Å². The molecule has 0 spiro atoms. The van der Waals surface area contributed by atoms with Crippen LogP contribution in [0, 0.1) is 10.8 Å². The van der Waals surface area contributed by atoms with Gasteiger partial charge in [0.1, 0.15) is 12.1 Å². The van der Waals surface area contributed by atoms with Gasteiger partial charge in [-0.05, 0) is 10.8 Å². The fourth-order valence-electron chi connectivity index (χ4n) is 0.933. The highest BCUT2D eigenvalue weighted by Gasteiger charge is 2.34. The predicted molar refractivity (Wildman–Crippen MR) is 66.0 cm³/mol. The minimum Gasteiger partial charge on any atom is -0.391 e. The lowest BCUT2D eigenvalue weighted by atomic mass is 9.86. The van der Waals surface area contributed by atoms with E-state index in [-0.39, 0.29) is 0 Å². The average Bonchev–Trinajstić information content (AvgIpc) is 2.12. The molecular weight excluding hydrogens is 220 g/mol. The lowest BCUT2D eigenvalue weighted by Gasteiger charge is -2.27. The molecule has 0 rings (SSSR count). The second-order valence-corrected chi connectivity index (χ2v) is 6.43. The highest BCUT2D eigenvalue weighted by Crippen LogP contribution is 2.21. The topological polar surface area (TPSA) is 95.4 Å². The van der Waals surface area contributed by atoms with Gasteiger partial charge in [-0.1, -0.05) is 41.5 Å². The number of hydrogen-bond acceptors (Lipinski definition) is 5. The van der Waals surface area contributed by atoms with Crippen molar-refractivity contribution in [2.45, 2.75) is 53.6 Å². The zero-order valence-electron chi connectivity index (χ0n) is 11.5. The van der Waals surface area contributed by atoms with E-state index in [0.717, 1.165) is 0 Å². The van der Waals surface area contributed by atoms with Gasteiger partial charge in [-0.15, -0.1) is 0 Å². The zero-order chi connectivity index (χ0) is 14.0. The molecule has 0 aliphatic carbocycles. The van der Waals surface area contributed by atoms with Crippen LogP contribution in [-0.4, -0.2) is 24.0 Å². The summed E-state index contributed by atoms with van der Waals surface area (Å²) in [6.07, 6.45) is 0. The Morgan fingerprint density at radius 3 is 1.24 bits per heavy atom. The van der Waals surface area contributed by atoms with Gasteiger partial charge in [0, 0.05) is 0 Å². The molecule has 0 bridgehead atoms. The molecule has 0 aliphatic rings. The zero-order valence-corrected chi connectivity index (χ0v) is 11.5. The van der Waals surface area contributed by atoms with Crippen molar-refractivity contribution in [2.24, 2.45) is 22.3 Å². The van der Waals surface area contributed by atoms with Crippen molar-refractivity contribution in [1.82, 2.24) is 0 Å². The van der Waals surface area contributed by atoms with Crippen molar-refractivity contribution in [3.05, 3.63) is 0 Å². The Bertz CT molecular complexity index is 270. The molecule has 0 aromatic heterocycles. The summed E-state index contributed by atoms with van der Waals surface area (Å²) < 4.78 is 4.70. The monoisotopic (exact) mass is 244 g/mol. The largest absolute Gasteiger partial charge is 0.391 e. The van der Waals surface area contributed by atoms with Crippen LogP contribution in [0.2, 0.25) is 0 Å². The molecule has 0 radical (unpaired) electrons. The van der Waals surface area contributed by atoms with E-state index in [1.54, 1.807) is 41.5 Å². The first kappa shape index (κ1) is 16.1. The molecule has 1 unspecified atom stereocenters. The van der Waals surface area contributed by atoms with Crippen molar-refractivity contribution in [1.29, 1.82) is 0 Å². The smallest absolute Gasteiger partial charge is 0.331 e. The van der Waals surface area contributed by atoms with Crippen LogP contribution in [0.1, 0.15) is 41.5 Å². The lowest BCUT2D eigenvalue weighted by molar-refractivity contribution is -0.164. The summed E-state index contributed by atoms with van der Waals surface area (Å²) in [5, 5.41) is 0. The summed E-state index contributed by atoms with van der Waals surface area (Å²) in [6, 6.07) is -1.70. The Balaban J connectivity index is 4.57. The molecule has 17 heavy (non-hydrogen) atoms. The van der Waals surface area contributed by atoms with E-state index in [4.69, 9.17) is 16.2 Å². The maximum atomic E-state index is 11.6. The van der Waals surface area contributed by atoms with E-state index < -0.39 is 34.9 Å². The highest BCUT2D eigenvalue weighted by atomic mass is 16.6. The minimum absolute atomic E-state index is 0.455. The molecular formula is C12H24N2O3. The molecule has 0 heterocycles. The third kappa shape index (κ3) is 4.83. The molecule has 0 saturated heterocycles. The van der Waals surface area contributed by atoms with E-state index in [2.05, 4.69) is 0 Å². The number of ether oxygens (including phenoxy) is 1. The highest BCUT2D eigenvalue weighted by molar-refractivity contribution is 5.91. The van der Waals surface area contributed by atoms with Crippen LogP contribution in [0.25, 0.3) is 0 Å². The summed E-state index contributed by atoms with van der Waals surface area (Å²) in [5.74, 6) is -1.47. The van der Waals surface area contributed by atoms with Crippen molar-refractivity contribution in [2.75, 3.05) is 0 Å². The molecule has 0 aliphatic heterocycles. The third-order valence-corrected chi connectivity index (χ3v) is 2.58. The Kier molecular flexibility index (Phi) is 4.86. The van der Waals surface area contributed by atoms with Gasteiger partial charge in [0.15, 0.2) is 0 Å². The first-order chi connectivity index (χ1) is 7.37. The van der Waals surface area contributed by atoms with Crippen LogP contribution in [0.15, 0.2) is 0 Å². The van der Waals surface area contributed by atoms with Gasteiger partial charge in [0.25, 0.3) is 0 Å². The number of rotatable bonds is 2. The molecule has 0 amide bonds. The van der Waals surface area contributed by atoms with Gasteiger partial charge in [-0.3, -0.25) is 0 Å². The van der Waals surface area contributed by atoms with Gasteiger partial charge in [-0.25, -0.2) is 9.59 Å². The van der Waals surface area contributed by atoms with Gasteiger partial charge in [-0.2, -0.15) is 0 Å². The number of hydrogen-bond donors (Lipinski definition) is 2. The summed E-state index contributed by atoms with van der Waals surface area (Å²) >= 11 is 0. The molecule has 4 N–H and O–H groups in total. The normalized spacial score (nSPS) is 16.2. The average molecular weight is 244 g/mol. The van der Waals surface area contributed by atoms with Gasteiger partial charge >= 0.3 is 11.9 Å². The van der Waals surface area contributed by atoms with E-state index >= 15 is 0 Å². The lowest BCUT2D eigenvalue weighted by Crippen LogP contribution is -2.49. The number of carbonyl (C=O) groups excluding carboxylic acids is 2. The fraction of sp³-hybridized carbons (Fsp3) is 0.833. The molecule has 2 atom stereocenters. The number of esters is 2. The summed E-state index contributed by atoms with van der Waals surface area (Å²) in [7, 11) is 0. The second-order valence-electron chi connectivity index (χ2n) is 6.43. The van der Waals surface area contributed by atoms with Crippen LogP contribution in [-0.2, 0) is 14.3 Å². The van der Waals surface area contributed by atoms with E-state index in [0.29, 0.717) is 0 Å². The van der Waals surface area contributed by atoms with Crippen molar-refractivity contribution < 1.29 is 14.3 Å². The maximum Gasteiger partial charge on any atom is 0.331 e. The van der Waals surface area contributed by atoms with E-state index in [9.17, 15) is 9.59 Å². The molecule has 0 aromatic carbocycles. The van der Waals surface area contributed by atoms with Crippen LogP contribution in [0.5, 0.6) is 0 Å². The maximum absolute atomic E-state index is 11.6. The second kappa shape index (κ2) is 5.14. The Hall–Kier alpha value is -0.940. The van der Waals surface area contributed by atoms with E-state index in [1.807, 2.05) is 0 Å². The van der Waals surface area contributed by atoms with Crippen LogP contribution < -0.4 is 11.5 Å². The first-order valence-corrected chi connectivity index (χ1v) is 5.64. The molecule has 5 nitrogen and oxygen atoms in total. The standard InChI is InChI=1S/C12H24N2O3/c1-11(2,3)7(13)9(15)17-10(16)8(14)12(4,5)6/h7-8H,13-14H2,1-6H3/t7-,8?/m1/s1. The van der Waals surface area contributed by atoms with Gasteiger partial charge in [0.05, 0.1) is 0 Å². The quantitative estimate of drug-likeness (QED) is 0.553. The molecule has 5 heteroatoms. The van der Waals surface area contributed by atoms with Crippen molar-refractivity contribution in [3.63, 3.8) is 0 Å². The summed E-state index contributed by atoms with van der Waals surface area (Å²) in [5.41, 5.74) is 10.5. The Morgan fingerprint density at radius 2 is 1.06 bits per heavy atom. The Labute approximate surface area is 103 Å². The number of nitrogens with two attached hydrogens (primary N) is 2. The van der Waals surface area contributed by atoms with Crippen LogP contribution in [0.4, 0.5) is 0 Å². The fourth-order valence-corrected chi connectivity index (χ4v) is 0.933. The van der Waals surface area contributed by atoms with E-state index in [1.165, 1.54) is 0 Å². The molecule has 0 aromatic rings. The summed E-state index contributed by atoms with van der Waals surface area (Å²) in [4.78, 5) is 23.2. The summed E-state index contributed by atoms with van der Waals surface area (Å²) in [6.45, 7) is 10.8. The van der Waals surface area contributed by atoms with Crippen molar-refractivity contribution >= 4 is 11.9 Å². The van der Waals surface area contributed by atoms with Crippen molar-refractivity contribution in [3.8, 4) is 0 Å². The molecule has 0 fully saturated rings. The molecule has 0 saturated carbocycles.